The molecule has 1 aliphatic rings. The number of aryl methyl sites for hydroxylation is 1. The summed E-state index contributed by atoms with van der Waals surface area (Å²) in [5.41, 5.74) is 2.37. The summed E-state index contributed by atoms with van der Waals surface area (Å²) in [7, 11) is 0. The molecule has 26 heavy (non-hydrogen) atoms. The topological polar surface area (TPSA) is 40.6 Å². The van der Waals surface area contributed by atoms with Gasteiger partial charge in [0.05, 0.1) is 0 Å². The second kappa shape index (κ2) is 8.37. The van der Waals surface area contributed by atoms with Gasteiger partial charge in [-0.15, -0.1) is 0 Å². The van der Waals surface area contributed by atoms with Crippen LogP contribution in [0.4, 0.5) is 0 Å². The Morgan fingerprint density at radius 1 is 0.885 bits per heavy atom. The van der Waals surface area contributed by atoms with Gasteiger partial charge in [0.15, 0.2) is 0 Å². The standard InChI is InChI=1S/C21H23ClN2O2/c1-2-6-17-15-18(9-10-19(17)22)21(26)24-13-11-23(12-14-24)20(25)16-7-4-3-5-8-16/h3-5,7-10,15H,2,6,11-14H2,1H3. The molecule has 2 aromatic rings. The second-order valence-electron chi connectivity index (χ2n) is 6.51. The van der Waals surface area contributed by atoms with Crippen LogP contribution in [0.25, 0.3) is 0 Å². The number of nitrogens with zero attached hydrogens (tertiary/aromatic N) is 2. The first kappa shape index (κ1) is 18.5. The van der Waals surface area contributed by atoms with Crippen molar-refractivity contribution < 1.29 is 9.59 Å². The van der Waals surface area contributed by atoms with Crippen LogP contribution in [-0.4, -0.2) is 47.8 Å². The molecule has 0 bridgehead atoms. The molecule has 1 saturated heterocycles. The smallest absolute Gasteiger partial charge is 0.253 e. The van der Waals surface area contributed by atoms with Crippen molar-refractivity contribution in [3.63, 3.8) is 0 Å². The molecule has 5 heteroatoms. The minimum Gasteiger partial charge on any atom is -0.335 e. The van der Waals surface area contributed by atoms with E-state index in [0.717, 1.165) is 18.4 Å². The van der Waals surface area contributed by atoms with Gasteiger partial charge < -0.3 is 9.80 Å². The van der Waals surface area contributed by atoms with Crippen molar-refractivity contribution in [3.05, 3.63) is 70.2 Å². The average molecular weight is 371 g/mol. The van der Waals surface area contributed by atoms with E-state index in [9.17, 15) is 9.59 Å². The zero-order valence-electron chi connectivity index (χ0n) is 15.0. The molecule has 1 aliphatic heterocycles. The van der Waals surface area contributed by atoms with Gasteiger partial charge in [0, 0.05) is 42.3 Å². The highest BCUT2D eigenvalue weighted by Crippen LogP contribution is 2.21. The normalized spacial score (nSPS) is 14.4. The number of halogens is 1. The first-order valence-electron chi connectivity index (χ1n) is 9.02. The molecule has 0 aliphatic carbocycles. The van der Waals surface area contributed by atoms with Crippen molar-refractivity contribution in [1.82, 2.24) is 9.80 Å². The molecule has 1 heterocycles. The molecule has 0 atom stereocenters. The maximum Gasteiger partial charge on any atom is 0.253 e. The third kappa shape index (κ3) is 4.07. The van der Waals surface area contributed by atoms with Crippen LogP contribution in [0.2, 0.25) is 5.02 Å². The number of amides is 2. The third-order valence-electron chi connectivity index (χ3n) is 4.69. The minimum atomic E-state index is 0.00540. The van der Waals surface area contributed by atoms with Gasteiger partial charge in [-0.25, -0.2) is 0 Å². The first-order chi connectivity index (χ1) is 12.6. The van der Waals surface area contributed by atoms with Gasteiger partial charge >= 0.3 is 0 Å². The Hall–Kier alpha value is -2.33. The zero-order chi connectivity index (χ0) is 18.5. The van der Waals surface area contributed by atoms with Gasteiger partial charge in [-0.2, -0.15) is 0 Å². The number of piperazine rings is 1. The summed E-state index contributed by atoms with van der Waals surface area (Å²) in [6.45, 7) is 4.28. The van der Waals surface area contributed by atoms with Crippen molar-refractivity contribution in [2.24, 2.45) is 0 Å². The predicted molar refractivity (Wildman–Crippen MR) is 104 cm³/mol. The predicted octanol–water partition coefficient (Wildman–Crippen LogP) is 3.89. The molecule has 3 rings (SSSR count). The summed E-state index contributed by atoms with van der Waals surface area (Å²) < 4.78 is 0. The molecule has 0 aromatic heterocycles. The van der Waals surface area contributed by atoms with Crippen LogP contribution in [-0.2, 0) is 6.42 Å². The Bertz CT molecular complexity index is 784. The van der Waals surface area contributed by atoms with Crippen molar-refractivity contribution in [2.75, 3.05) is 26.2 Å². The number of carbonyl (C=O) groups is 2. The highest BCUT2D eigenvalue weighted by Gasteiger charge is 2.25. The van der Waals surface area contributed by atoms with E-state index in [1.807, 2.05) is 46.2 Å². The molecule has 4 nitrogen and oxygen atoms in total. The number of hydrogen-bond donors (Lipinski definition) is 0. The lowest BCUT2D eigenvalue weighted by Crippen LogP contribution is -2.50. The fourth-order valence-corrected chi connectivity index (χ4v) is 3.44. The summed E-state index contributed by atoms with van der Waals surface area (Å²) in [5, 5.41) is 0.710. The van der Waals surface area contributed by atoms with Crippen LogP contribution in [0, 0.1) is 0 Å². The summed E-state index contributed by atoms with van der Waals surface area (Å²) in [6.07, 6.45) is 1.84. The highest BCUT2D eigenvalue weighted by molar-refractivity contribution is 6.31. The molecular formula is C21H23ClN2O2. The van der Waals surface area contributed by atoms with Gasteiger partial charge in [0.2, 0.25) is 0 Å². The Balaban J connectivity index is 1.64. The van der Waals surface area contributed by atoms with E-state index >= 15 is 0 Å². The lowest BCUT2D eigenvalue weighted by Gasteiger charge is -2.35. The lowest BCUT2D eigenvalue weighted by atomic mass is 10.1. The van der Waals surface area contributed by atoms with Crippen LogP contribution in [0.5, 0.6) is 0 Å². The van der Waals surface area contributed by atoms with E-state index < -0.39 is 0 Å². The lowest BCUT2D eigenvalue weighted by molar-refractivity contribution is 0.0535. The van der Waals surface area contributed by atoms with Crippen molar-refractivity contribution in [1.29, 1.82) is 0 Å². The molecule has 0 radical (unpaired) electrons. The van der Waals surface area contributed by atoms with E-state index in [1.165, 1.54) is 0 Å². The molecule has 0 saturated carbocycles. The summed E-state index contributed by atoms with van der Waals surface area (Å²) in [5.74, 6) is 0.0280. The number of carbonyl (C=O) groups excluding carboxylic acids is 2. The minimum absolute atomic E-state index is 0.00540. The van der Waals surface area contributed by atoms with Crippen LogP contribution in [0.15, 0.2) is 48.5 Å². The molecule has 2 aromatic carbocycles. The summed E-state index contributed by atoms with van der Waals surface area (Å²) in [6, 6.07) is 14.7. The van der Waals surface area contributed by atoms with Crippen molar-refractivity contribution in [2.45, 2.75) is 19.8 Å². The van der Waals surface area contributed by atoms with E-state index in [1.54, 1.807) is 12.1 Å². The molecule has 0 spiro atoms. The highest BCUT2D eigenvalue weighted by atomic mass is 35.5. The average Bonchev–Trinajstić information content (AvgIpc) is 2.69. The fourth-order valence-electron chi connectivity index (χ4n) is 3.23. The first-order valence-corrected chi connectivity index (χ1v) is 9.40. The van der Waals surface area contributed by atoms with Crippen molar-refractivity contribution in [3.8, 4) is 0 Å². The SMILES string of the molecule is CCCc1cc(C(=O)N2CCN(C(=O)c3ccccc3)CC2)ccc1Cl. The molecule has 2 amide bonds. The second-order valence-corrected chi connectivity index (χ2v) is 6.91. The maximum atomic E-state index is 12.8. The number of rotatable bonds is 4. The van der Waals surface area contributed by atoms with E-state index in [-0.39, 0.29) is 11.8 Å². The van der Waals surface area contributed by atoms with Gasteiger partial charge in [0.25, 0.3) is 11.8 Å². The quantitative estimate of drug-likeness (QED) is 0.819. The van der Waals surface area contributed by atoms with Gasteiger partial charge in [0.1, 0.15) is 0 Å². The monoisotopic (exact) mass is 370 g/mol. The van der Waals surface area contributed by atoms with Gasteiger partial charge in [-0.3, -0.25) is 9.59 Å². The van der Waals surface area contributed by atoms with Crippen molar-refractivity contribution >= 4 is 23.4 Å². The van der Waals surface area contributed by atoms with E-state index in [4.69, 9.17) is 11.6 Å². The van der Waals surface area contributed by atoms with Crippen LogP contribution in [0.3, 0.4) is 0 Å². The number of hydrogen-bond acceptors (Lipinski definition) is 2. The fraction of sp³-hybridized carbons (Fsp3) is 0.333. The van der Waals surface area contributed by atoms with Crippen LogP contribution in [0.1, 0.15) is 39.6 Å². The Labute approximate surface area is 159 Å². The van der Waals surface area contributed by atoms with Crippen LogP contribution >= 0.6 is 11.6 Å². The summed E-state index contributed by atoms with van der Waals surface area (Å²) >= 11 is 6.21. The van der Waals surface area contributed by atoms with E-state index in [2.05, 4.69) is 6.92 Å². The summed E-state index contributed by atoms with van der Waals surface area (Å²) in [4.78, 5) is 28.9. The number of benzene rings is 2. The Kier molecular flexibility index (Phi) is 5.94. The molecule has 0 unspecified atom stereocenters. The van der Waals surface area contributed by atoms with Gasteiger partial charge in [-0.1, -0.05) is 43.1 Å². The molecular weight excluding hydrogens is 348 g/mol. The maximum absolute atomic E-state index is 12.8. The Morgan fingerprint density at radius 3 is 2.04 bits per heavy atom. The molecule has 0 N–H and O–H groups in total. The van der Waals surface area contributed by atoms with E-state index in [0.29, 0.717) is 42.3 Å². The van der Waals surface area contributed by atoms with Crippen LogP contribution < -0.4 is 0 Å². The molecule has 136 valence electrons. The largest absolute Gasteiger partial charge is 0.335 e. The third-order valence-corrected chi connectivity index (χ3v) is 5.06. The van der Waals surface area contributed by atoms with Gasteiger partial charge in [-0.05, 0) is 42.3 Å². The molecule has 1 fully saturated rings. The Morgan fingerprint density at radius 2 is 1.46 bits per heavy atom. The zero-order valence-corrected chi connectivity index (χ0v) is 15.7.